The molecule has 0 aromatic heterocycles. The molecule has 0 radical (unpaired) electrons. The number of nitrogens with one attached hydrogen (secondary N) is 1. The summed E-state index contributed by atoms with van der Waals surface area (Å²) in [6.45, 7) is 8.62. The molecule has 0 spiro atoms. The highest BCUT2D eigenvalue weighted by Crippen LogP contribution is 2.38. The van der Waals surface area contributed by atoms with Crippen LogP contribution < -0.4 is 14.8 Å². The Balaban J connectivity index is 1.86. The molecule has 3 rings (SSSR count). The topological polar surface area (TPSA) is 71.3 Å². The van der Waals surface area contributed by atoms with Gasteiger partial charge in [-0.15, -0.1) is 0 Å². The molecule has 0 aliphatic rings. The van der Waals surface area contributed by atoms with E-state index in [0.717, 1.165) is 11.1 Å². The minimum Gasteiger partial charge on any atom is -0.490 e. The second kappa shape index (κ2) is 11.9. The van der Waals surface area contributed by atoms with E-state index >= 15 is 0 Å². The smallest absolute Gasteiger partial charge is 0.266 e. The van der Waals surface area contributed by atoms with E-state index in [2.05, 4.69) is 47.2 Å². The van der Waals surface area contributed by atoms with Crippen LogP contribution in [0.25, 0.3) is 6.08 Å². The zero-order valence-corrected chi connectivity index (χ0v) is 22.4. The fourth-order valence-corrected chi connectivity index (χ4v) is 4.12. The second-order valence-electron chi connectivity index (χ2n) is 8.01. The van der Waals surface area contributed by atoms with E-state index in [-0.39, 0.29) is 5.57 Å². The molecule has 5 nitrogen and oxygen atoms in total. The summed E-state index contributed by atoms with van der Waals surface area (Å²) in [5.41, 5.74) is 5.32. The molecule has 35 heavy (non-hydrogen) atoms. The SMILES string of the molecule is CCOc1cc(/C=C(\C#N)C(=O)Nc2cccc(Cl)c2C)cc(Br)c1OCc1ccc(C)c(C)c1. The number of hydrogen-bond acceptors (Lipinski definition) is 4. The number of aryl methyl sites for hydroxylation is 2. The van der Waals surface area contributed by atoms with Crippen molar-refractivity contribution in [3.05, 3.63) is 91.4 Å². The summed E-state index contributed by atoms with van der Waals surface area (Å²) in [4.78, 5) is 12.8. The molecule has 0 aliphatic carbocycles. The zero-order valence-electron chi connectivity index (χ0n) is 20.0. The predicted octanol–water partition coefficient (Wildman–Crippen LogP) is 7.55. The molecule has 0 saturated heterocycles. The summed E-state index contributed by atoms with van der Waals surface area (Å²) in [5.74, 6) is 0.544. The van der Waals surface area contributed by atoms with Crippen LogP contribution in [0.2, 0.25) is 5.02 Å². The summed E-state index contributed by atoms with van der Waals surface area (Å²) in [5, 5.41) is 12.9. The van der Waals surface area contributed by atoms with E-state index in [1.54, 1.807) is 37.3 Å². The molecule has 0 fully saturated rings. The van der Waals surface area contributed by atoms with Crippen LogP contribution in [-0.2, 0) is 11.4 Å². The fraction of sp³-hybridized carbons (Fsp3) is 0.214. The summed E-state index contributed by atoms with van der Waals surface area (Å²) in [7, 11) is 0. The summed E-state index contributed by atoms with van der Waals surface area (Å²) < 4.78 is 12.6. The first-order valence-electron chi connectivity index (χ1n) is 11.1. The molecule has 3 aromatic carbocycles. The van der Waals surface area contributed by atoms with Gasteiger partial charge in [-0.25, -0.2) is 0 Å². The Bertz CT molecular complexity index is 1330. The summed E-state index contributed by atoms with van der Waals surface area (Å²) in [6, 6.07) is 16.9. The van der Waals surface area contributed by atoms with Gasteiger partial charge < -0.3 is 14.8 Å². The average molecular weight is 554 g/mol. The number of ether oxygens (including phenoxy) is 2. The Labute approximate surface area is 219 Å². The summed E-state index contributed by atoms with van der Waals surface area (Å²) in [6.07, 6.45) is 1.51. The van der Waals surface area contributed by atoms with E-state index in [9.17, 15) is 10.1 Å². The fourth-order valence-electron chi connectivity index (χ4n) is 3.37. The molecule has 180 valence electrons. The molecule has 0 saturated carbocycles. The third-order valence-electron chi connectivity index (χ3n) is 5.48. The zero-order chi connectivity index (χ0) is 25.5. The van der Waals surface area contributed by atoms with E-state index in [1.807, 2.05) is 19.1 Å². The van der Waals surface area contributed by atoms with Gasteiger partial charge in [-0.1, -0.05) is 35.9 Å². The number of benzene rings is 3. The van der Waals surface area contributed by atoms with Crippen LogP contribution in [0.15, 0.2) is 58.6 Å². The number of anilines is 1. The minimum absolute atomic E-state index is 0.0532. The number of nitrogens with zero attached hydrogens (tertiary/aromatic N) is 1. The van der Waals surface area contributed by atoms with Gasteiger partial charge in [-0.2, -0.15) is 5.26 Å². The molecule has 0 unspecified atom stereocenters. The number of rotatable bonds is 8. The number of hydrogen-bond donors (Lipinski definition) is 1. The Hall–Kier alpha value is -3.27. The van der Waals surface area contributed by atoms with Crippen LogP contribution >= 0.6 is 27.5 Å². The lowest BCUT2D eigenvalue weighted by Crippen LogP contribution is -2.14. The molecular weight excluding hydrogens is 528 g/mol. The molecular formula is C28H26BrClN2O3. The Kier molecular flexibility index (Phi) is 8.97. The highest BCUT2D eigenvalue weighted by atomic mass is 79.9. The van der Waals surface area contributed by atoms with Crippen molar-refractivity contribution in [2.45, 2.75) is 34.3 Å². The first-order valence-corrected chi connectivity index (χ1v) is 12.2. The van der Waals surface area contributed by atoms with Crippen molar-refractivity contribution in [3.8, 4) is 17.6 Å². The first-order chi connectivity index (χ1) is 16.7. The molecule has 0 aliphatic heterocycles. The van der Waals surface area contributed by atoms with E-state index in [0.29, 0.717) is 45.5 Å². The number of carbonyl (C=O) groups is 1. The molecule has 7 heteroatoms. The maximum absolute atomic E-state index is 12.8. The standard InChI is InChI=1S/C28H26BrClN2O3/c1-5-34-26-14-21(12-22(15-31)28(33)32-25-8-6-7-24(30)19(25)4)13-23(29)27(26)35-16-20-10-9-17(2)18(3)11-20/h6-14H,5,16H2,1-4H3,(H,32,33)/b22-12+. The maximum Gasteiger partial charge on any atom is 0.266 e. The van der Waals surface area contributed by atoms with Gasteiger partial charge in [-0.3, -0.25) is 4.79 Å². The number of nitriles is 1. The predicted molar refractivity (Wildman–Crippen MR) is 144 cm³/mol. The molecule has 0 atom stereocenters. The van der Waals surface area contributed by atoms with Crippen LogP contribution in [-0.4, -0.2) is 12.5 Å². The average Bonchev–Trinajstić information content (AvgIpc) is 2.82. The third-order valence-corrected chi connectivity index (χ3v) is 6.48. The van der Waals surface area contributed by atoms with Crippen molar-refractivity contribution in [3.63, 3.8) is 0 Å². The van der Waals surface area contributed by atoms with Gasteiger partial charge in [0.2, 0.25) is 0 Å². The summed E-state index contributed by atoms with van der Waals surface area (Å²) >= 11 is 9.69. The second-order valence-corrected chi connectivity index (χ2v) is 9.27. The normalized spacial score (nSPS) is 11.1. The largest absolute Gasteiger partial charge is 0.490 e. The van der Waals surface area contributed by atoms with Crippen LogP contribution in [0.3, 0.4) is 0 Å². The lowest BCUT2D eigenvalue weighted by atomic mass is 10.1. The first kappa shape index (κ1) is 26.3. The molecule has 1 amide bonds. The number of carbonyl (C=O) groups excluding carboxylic acids is 1. The highest BCUT2D eigenvalue weighted by molar-refractivity contribution is 9.10. The van der Waals surface area contributed by atoms with Gasteiger partial charge in [-0.05, 0) is 102 Å². The van der Waals surface area contributed by atoms with E-state index in [1.165, 1.54) is 17.2 Å². The van der Waals surface area contributed by atoms with Gasteiger partial charge in [0.15, 0.2) is 11.5 Å². The van der Waals surface area contributed by atoms with Gasteiger partial charge >= 0.3 is 0 Å². The third kappa shape index (κ3) is 6.66. The Morgan fingerprint density at radius 2 is 1.89 bits per heavy atom. The number of halogens is 2. The van der Waals surface area contributed by atoms with Crippen LogP contribution in [0.5, 0.6) is 11.5 Å². The van der Waals surface area contributed by atoms with Crippen LogP contribution in [0, 0.1) is 32.1 Å². The molecule has 0 heterocycles. The monoisotopic (exact) mass is 552 g/mol. The lowest BCUT2D eigenvalue weighted by Gasteiger charge is -2.15. The Morgan fingerprint density at radius 3 is 2.57 bits per heavy atom. The van der Waals surface area contributed by atoms with Crippen LogP contribution in [0.1, 0.15) is 34.7 Å². The van der Waals surface area contributed by atoms with Gasteiger partial charge in [0.1, 0.15) is 18.2 Å². The molecule has 1 N–H and O–H groups in total. The van der Waals surface area contributed by atoms with Crippen molar-refractivity contribution >= 4 is 45.2 Å². The van der Waals surface area contributed by atoms with E-state index < -0.39 is 5.91 Å². The lowest BCUT2D eigenvalue weighted by molar-refractivity contribution is -0.112. The van der Waals surface area contributed by atoms with Crippen molar-refractivity contribution in [2.75, 3.05) is 11.9 Å². The molecule has 0 bridgehead atoms. The Morgan fingerprint density at radius 1 is 1.11 bits per heavy atom. The van der Waals surface area contributed by atoms with Gasteiger partial charge in [0, 0.05) is 10.7 Å². The van der Waals surface area contributed by atoms with Gasteiger partial charge in [0.05, 0.1) is 11.1 Å². The van der Waals surface area contributed by atoms with Crippen molar-refractivity contribution in [2.24, 2.45) is 0 Å². The van der Waals surface area contributed by atoms with Crippen molar-refractivity contribution in [1.29, 1.82) is 5.26 Å². The van der Waals surface area contributed by atoms with Crippen molar-refractivity contribution < 1.29 is 14.3 Å². The van der Waals surface area contributed by atoms with Crippen LogP contribution in [0.4, 0.5) is 5.69 Å². The highest BCUT2D eigenvalue weighted by Gasteiger charge is 2.16. The van der Waals surface area contributed by atoms with Crippen molar-refractivity contribution in [1.82, 2.24) is 0 Å². The quantitative estimate of drug-likeness (QED) is 0.231. The minimum atomic E-state index is -0.526. The van der Waals surface area contributed by atoms with E-state index in [4.69, 9.17) is 21.1 Å². The maximum atomic E-state index is 12.8. The van der Waals surface area contributed by atoms with Gasteiger partial charge in [0.25, 0.3) is 5.91 Å². The molecule has 3 aromatic rings. The number of amides is 1.